The number of piperidine rings is 1. The van der Waals surface area contributed by atoms with Crippen molar-refractivity contribution in [2.45, 2.75) is 32.6 Å². The second-order valence-corrected chi connectivity index (χ2v) is 7.33. The molecule has 0 bridgehead atoms. The highest BCUT2D eigenvalue weighted by Crippen LogP contribution is 2.33. The summed E-state index contributed by atoms with van der Waals surface area (Å²) < 4.78 is 1.96. The zero-order valence-electron chi connectivity index (χ0n) is 15.7. The Balaban J connectivity index is 0.000000872. The first-order valence-electron chi connectivity index (χ1n) is 9.59. The van der Waals surface area contributed by atoms with Gasteiger partial charge < -0.3 is 10.3 Å². The normalized spacial score (nSPS) is 15.0. The predicted molar refractivity (Wildman–Crippen MR) is 113 cm³/mol. The molecule has 1 aliphatic rings. The lowest BCUT2D eigenvalue weighted by atomic mass is 9.94. The molecule has 0 saturated carbocycles. The van der Waals surface area contributed by atoms with E-state index in [9.17, 15) is 4.79 Å². The molecule has 0 atom stereocenters. The molecule has 0 spiro atoms. The van der Waals surface area contributed by atoms with Gasteiger partial charge in [0.1, 0.15) is 5.65 Å². The molecule has 5 nitrogen and oxygen atoms in total. The van der Waals surface area contributed by atoms with Gasteiger partial charge in [0.2, 0.25) is 0 Å². The van der Waals surface area contributed by atoms with Crippen molar-refractivity contribution in [2.75, 3.05) is 13.1 Å². The number of nitrogens with one attached hydrogen (secondary N) is 2. The zero-order chi connectivity index (χ0) is 18.8. The number of H-pyrrole nitrogens is 1. The Kier molecular flexibility index (Phi) is 5.09. The van der Waals surface area contributed by atoms with E-state index in [1.165, 1.54) is 5.56 Å². The number of benzene rings is 1. The Labute approximate surface area is 162 Å². The fourth-order valence-electron chi connectivity index (χ4n) is 3.85. The molecule has 4 heterocycles. The summed E-state index contributed by atoms with van der Waals surface area (Å²) in [5.41, 5.74) is 4.97. The Morgan fingerprint density at radius 1 is 1.19 bits per heavy atom. The van der Waals surface area contributed by atoms with Gasteiger partial charge in [-0.25, -0.2) is 4.52 Å². The van der Waals surface area contributed by atoms with Crippen molar-refractivity contribution in [1.82, 2.24) is 19.9 Å². The first-order valence-corrected chi connectivity index (χ1v) is 10.5. The molecule has 1 fully saturated rings. The molecular formula is C21H24N4OS. The van der Waals surface area contributed by atoms with E-state index in [-0.39, 0.29) is 5.56 Å². The molecule has 0 amide bonds. The van der Waals surface area contributed by atoms with E-state index in [0.717, 1.165) is 53.7 Å². The molecule has 0 aliphatic carbocycles. The van der Waals surface area contributed by atoms with E-state index in [2.05, 4.69) is 33.2 Å². The number of fused-ring (bicyclic) bond motifs is 3. The van der Waals surface area contributed by atoms with Crippen molar-refractivity contribution in [1.29, 1.82) is 0 Å². The SMILES string of the molecule is CC.O=c1cc(C2CCNCC2)n2nc3cccc(-c4ccsc4)c3c2[nH]1. The molecule has 1 aliphatic heterocycles. The number of aromatic nitrogens is 3. The quantitative estimate of drug-likeness (QED) is 0.542. The van der Waals surface area contributed by atoms with Crippen LogP contribution in [0.25, 0.3) is 27.7 Å². The van der Waals surface area contributed by atoms with Crippen LogP contribution < -0.4 is 10.9 Å². The lowest BCUT2D eigenvalue weighted by Crippen LogP contribution is -2.28. The maximum atomic E-state index is 12.4. The maximum absolute atomic E-state index is 12.4. The van der Waals surface area contributed by atoms with Crippen LogP contribution in [0.4, 0.5) is 0 Å². The van der Waals surface area contributed by atoms with Crippen LogP contribution in [0, 0.1) is 0 Å². The third-order valence-corrected chi connectivity index (χ3v) is 5.74. The summed E-state index contributed by atoms with van der Waals surface area (Å²) in [5.74, 6) is 0.366. The van der Waals surface area contributed by atoms with Crippen molar-refractivity contribution < 1.29 is 0 Å². The van der Waals surface area contributed by atoms with Gasteiger partial charge in [-0.15, -0.1) is 0 Å². The number of nitrogens with zero attached hydrogens (tertiary/aromatic N) is 2. The molecule has 1 aromatic carbocycles. The van der Waals surface area contributed by atoms with Crippen LogP contribution in [0.5, 0.6) is 0 Å². The number of rotatable bonds is 2. The summed E-state index contributed by atoms with van der Waals surface area (Å²) in [7, 11) is 0. The van der Waals surface area contributed by atoms with E-state index in [0.29, 0.717) is 5.92 Å². The average Bonchev–Trinajstić information content (AvgIpc) is 3.37. The molecule has 4 aromatic rings. The monoisotopic (exact) mass is 380 g/mol. The molecule has 6 heteroatoms. The van der Waals surface area contributed by atoms with E-state index in [1.807, 2.05) is 30.5 Å². The summed E-state index contributed by atoms with van der Waals surface area (Å²) in [6.07, 6.45) is 2.07. The van der Waals surface area contributed by atoms with E-state index < -0.39 is 0 Å². The van der Waals surface area contributed by atoms with E-state index in [1.54, 1.807) is 17.4 Å². The van der Waals surface area contributed by atoms with Crippen LogP contribution in [0.1, 0.15) is 38.3 Å². The highest BCUT2D eigenvalue weighted by molar-refractivity contribution is 7.08. The van der Waals surface area contributed by atoms with Gasteiger partial charge in [0, 0.05) is 12.0 Å². The number of thiophene rings is 1. The summed E-state index contributed by atoms with van der Waals surface area (Å²) >= 11 is 1.67. The topological polar surface area (TPSA) is 62.2 Å². The highest BCUT2D eigenvalue weighted by atomic mass is 32.1. The number of aromatic amines is 1. The number of hydrogen-bond acceptors (Lipinski definition) is 4. The Bertz CT molecular complexity index is 1100. The second kappa shape index (κ2) is 7.66. The average molecular weight is 381 g/mol. The van der Waals surface area contributed by atoms with Crippen molar-refractivity contribution in [3.63, 3.8) is 0 Å². The molecule has 3 aromatic heterocycles. The van der Waals surface area contributed by atoms with Crippen molar-refractivity contribution in [3.05, 3.63) is 57.1 Å². The summed E-state index contributed by atoms with van der Waals surface area (Å²) in [4.78, 5) is 15.4. The lowest BCUT2D eigenvalue weighted by molar-refractivity contribution is 0.446. The molecule has 140 valence electrons. The minimum absolute atomic E-state index is 0.0528. The number of hydrogen-bond donors (Lipinski definition) is 2. The first-order chi connectivity index (χ1) is 13.3. The van der Waals surface area contributed by atoms with Crippen LogP contribution >= 0.6 is 11.3 Å². The zero-order valence-corrected chi connectivity index (χ0v) is 16.5. The lowest BCUT2D eigenvalue weighted by Gasteiger charge is -2.23. The van der Waals surface area contributed by atoms with Gasteiger partial charge in [-0.2, -0.15) is 16.4 Å². The van der Waals surface area contributed by atoms with Gasteiger partial charge in [0.15, 0.2) is 0 Å². The summed E-state index contributed by atoms with van der Waals surface area (Å²) in [6, 6.07) is 9.98. The maximum Gasteiger partial charge on any atom is 0.251 e. The molecule has 0 unspecified atom stereocenters. The summed E-state index contributed by atoms with van der Waals surface area (Å²) in [5, 5.41) is 13.4. The van der Waals surface area contributed by atoms with Crippen LogP contribution in [0.15, 0.2) is 45.9 Å². The molecule has 2 N–H and O–H groups in total. The van der Waals surface area contributed by atoms with Gasteiger partial charge in [-0.1, -0.05) is 26.0 Å². The molecule has 27 heavy (non-hydrogen) atoms. The van der Waals surface area contributed by atoms with Gasteiger partial charge in [-0.05, 0) is 60.0 Å². The minimum atomic E-state index is -0.0528. The fourth-order valence-corrected chi connectivity index (χ4v) is 4.51. The highest BCUT2D eigenvalue weighted by Gasteiger charge is 2.21. The van der Waals surface area contributed by atoms with Crippen molar-refractivity contribution in [2.24, 2.45) is 0 Å². The predicted octanol–water partition coefficient (Wildman–Crippen LogP) is 4.40. The van der Waals surface area contributed by atoms with E-state index in [4.69, 9.17) is 5.10 Å². The standard InChI is InChI=1S/C19H18N4OS.C2H6/c24-17-10-16(12-4-7-20-8-5-12)23-19(21-17)18-14(13-6-9-25-11-13)2-1-3-15(18)22-23;1-2/h1-3,6,9-12,20H,4-5,7-8H2,(H,21,24);1-2H3. The third-order valence-electron chi connectivity index (χ3n) is 5.05. The molecule has 1 saturated heterocycles. The smallest absolute Gasteiger partial charge is 0.251 e. The Hall–Kier alpha value is -2.44. The van der Waals surface area contributed by atoms with Crippen molar-refractivity contribution in [3.8, 4) is 11.1 Å². The van der Waals surface area contributed by atoms with Gasteiger partial charge in [0.25, 0.3) is 5.56 Å². The van der Waals surface area contributed by atoms with Gasteiger partial charge in [0.05, 0.1) is 16.6 Å². The van der Waals surface area contributed by atoms with Crippen LogP contribution in [0.2, 0.25) is 0 Å². The molecular weight excluding hydrogens is 356 g/mol. The first kappa shape index (κ1) is 17.9. The Morgan fingerprint density at radius 3 is 2.74 bits per heavy atom. The Morgan fingerprint density at radius 2 is 2.00 bits per heavy atom. The molecule has 0 radical (unpaired) electrons. The van der Waals surface area contributed by atoms with E-state index >= 15 is 0 Å². The summed E-state index contributed by atoms with van der Waals surface area (Å²) in [6.45, 7) is 5.97. The van der Waals surface area contributed by atoms with Crippen molar-refractivity contribution >= 4 is 27.9 Å². The van der Waals surface area contributed by atoms with Crippen LogP contribution in [-0.2, 0) is 0 Å². The van der Waals surface area contributed by atoms with Gasteiger partial charge >= 0.3 is 0 Å². The second-order valence-electron chi connectivity index (χ2n) is 6.55. The van der Waals surface area contributed by atoms with Crippen LogP contribution in [-0.4, -0.2) is 27.7 Å². The minimum Gasteiger partial charge on any atom is -0.317 e. The van der Waals surface area contributed by atoms with Gasteiger partial charge in [-0.3, -0.25) is 4.79 Å². The third kappa shape index (κ3) is 3.19. The largest absolute Gasteiger partial charge is 0.317 e. The molecule has 5 rings (SSSR count). The van der Waals surface area contributed by atoms with Crippen LogP contribution in [0.3, 0.4) is 0 Å². The fraction of sp³-hybridized carbons (Fsp3) is 0.333.